The zero-order valence-electron chi connectivity index (χ0n) is 16.4. The summed E-state index contributed by atoms with van der Waals surface area (Å²) in [6, 6.07) is 16.2. The number of carbonyl (C=O) groups excluding carboxylic acids is 1. The van der Waals surface area contributed by atoms with Crippen LogP contribution in [0.2, 0.25) is 0 Å². The average Bonchev–Trinajstić information content (AvgIpc) is 2.65. The predicted molar refractivity (Wildman–Crippen MR) is 107 cm³/mol. The van der Waals surface area contributed by atoms with Crippen LogP contribution in [0, 0.1) is 5.92 Å². The molecular formula is C22H30N2O2. The molecule has 1 amide bonds. The van der Waals surface area contributed by atoms with Gasteiger partial charge in [0.2, 0.25) is 5.91 Å². The van der Waals surface area contributed by atoms with E-state index in [1.165, 1.54) is 0 Å². The summed E-state index contributed by atoms with van der Waals surface area (Å²) in [5.74, 6) is 0.763. The Morgan fingerprint density at radius 2 is 1.65 bits per heavy atom. The third-order valence-corrected chi connectivity index (χ3v) is 4.81. The lowest BCUT2D eigenvalue weighted by molar-refractivity contribution is -0.137. The highest BCUT2D eigenvalue weighted by atomic mass is 16.5. The lowest BCUT2D eigenvalue weighted by Gasteiger charge is -2.31. The Balaban J connectivity index is 2.20. The summed E-state index contributed by atoms with van der Waals surface area (Å²) in [6.45, 7) is 8.43. The van der Waals surface area contributed by atoms with Gasteiger partial charge in [-0.05, 0) is 38.0 Å². The van der Waals surface area contributed by atoms with E-state index in [0.717, 1.165) is 22.4 Å². The minimum absolute atomic E-state index is 0.101. The Morgan fingerprint density at radius 3 is 2.19 bits per heavy atom. The van der Waals surface area contributed by atoms with Crippen molar-refractivity contribution in [1.82, 2.24) is 4.90 Å². The van der Waals surface area contributed by atoms with Gasteiger partial charge in [0.1, 0.15) is 5.75 Å². The van der Waals surface area contributed by atoms with Crippen LogP contribution in [0.15, 0.2) is 48.5 Å². The van der Waals surface area contributed by atoms with Crippen LogP contribution in [0.3, 0.4) is 0 Å². The maximum atomic E-state index is 12.7. The molecule has 0 fully saturated rings. The summed E-state index contributed by atoms with van der Waals surface area (Å²) in [5.41, 5.74) is 9.17. The fraction of sp³-hybridized carbons (Fsp3) is 0.409. The quantitative estimate of drug-likeness (QED) is 0.815. The van der Waals surface area contributed by atoms with Crippen LogP contribution >= 0.6 is 0 Å². The normalized spacial score (nSPS) is 13.3. The van der Waals surface area contributed by atoms with E-state index in [4.69, 9.17) is 10.5 Å². The first-order valence-electron chi connectivity index (χ1n) is 9.13. The number of rotatable bonds is 7. The van der Waals surface area contributed by atoms with Crippen LogP contribution in [0.25, 0.3) is 11.1 Å². The van der Waals surface area contributed by atoms with Gasteiger partial charge >= 0.3 is 0 Å². The second-order valence-corrected chi connectivity index (χ2v) is 7.10. The molecule has 140 valence electrons. The van der Waals surface area contributed by atoms with Gasteiger partial charge in [0.15, 0.2) is 0 Å². The molecule has 26 heavy (non-hydrogen) atoms. The number of carbonyl (C=O) groups is 1. The van der Waals surface area contributed by atoms with E-state index < -0.39 is 0 Å². The van der Waals surface area contributed by atoms with Crippen LogP contribution in [0.1, 0.15) is 33.3 Å². The van der Waals surface area contributed by atoms with Gasteiger partial charge < -0.3 is 15.4 Å². The molecule has 2 N–H and O–H groups in total. The largest absolute Gasteiger partial charge is 0.496 e. The van der Waals surface area contributed by atoms with E-state index in [1.54, 1.807) is 7.11 Å². The fourth-order valence-electron chi connectivity index (χ4n) is 2.87. The summed E-state index contributed by atoms with van der Waals surface area (Å²) >= 11 is 0. The summed E-state index contributed by atoms with van der Waals surface area (Å²) in [7, 11) is 1.68. The number of hydrogen-bond donors (Lipinski definition) is 1. The SMILES string of the molecule is COc1ccccc1-c1ccc(CN(C(=O)C(C)C(C)N)C(C)C)cc1. The molecule has 0 bridgehead atoms. The molecule has 0 heterocycles. The minimum Gasteiger partial charge on any atom is -0.496 e. The number of methoxy groups -OCH3 is 1. The van der Waals surface area contributed by atoms with E-state index in [2.05, 4.69) is 24.3 Å². The first-order valence-corrected chi connectivity index (χ1v) is 9.13. The highest BCUT2D eigenvalue weighted by Crippen LogP contribution is 2.29. The van der Waals surface area contributed by atoms with E-state index in [9.17, 15) is 4.79 Å². The topological polar surface area (TPSA) is 55.6 Å². The summed E-state index contributed by atoms with van der Waals surface area (Å²) in [6.07, 6.45) is 0. The zero-order valence-corrected chi connectivity index (χ0v) is 16.4. The Bertz CT molecular complexity index is 723. The van der Waals surface area contributed by atoms with E-state index >= 15 is 0 Å². The highest BCUT2D eigenvalue weighted by molar-refractivity contribution is 5.79. The van der Waals surface area contributed by atoms with Gasteiger partial charge in [-0.1, -0.05) is 49.4 Å². The van der Waals surface area contributed by atoms with E-state index in [1.807, 2.05) is 56.9 Å². The van der Waals surface area contributed by atoms with Crippen molar-refractivity contribution in [2.75, 3.05) is 7.11 Å². The monoisotopic (exact) mass is 354 g/mol. The first kappa shape index (κ1) is 20.0. The Hall–Kier alpha value is -2.33. The van der Waals surface area contributed by atoms with Gasteiger partial charge in [0.05, 0.1) is 13.0 Å². The van der Waals surface area contributed by atoms with Crippen molar-refractivity contribution < 1.29 is 9.53 Å². The molecule has 2 aromatic carbocycles. The van der Waals surface area contributed by atoms with Crippen molar-refractivity contribution in [3.63, 3.8) is 0 Å². The van der Waals surface area contributed by atoms with Crippen molar-refractivity contribution in [3.8, 4) is 16.9 Å². The second-order valence-electron chi connectivity index (χ2n) is 7.10. The molecule has 0 saturated heterocycles. The third-order valence-electron chi connectivity index (χ3n) is 4.81. The van der Waals surface area contributed by atoms with Crippen molar-refractivity contribution in [1.29, 1.82) is 0 Å². The molecule has 4 heteroatoms. The predicted octanol–water partition coefficient (Wildman–Crippen LogP) is 4.08. The zero-order chi connectivity index (χ0) is 19.3. The van der Waals surface area contributed by atoms with Crippen LogP contribution in [0.5, 0.6) is 5.75 Å². The molecule has 0 aliphatic heterocycles. The average molecular weight is 354 g/mol. The number of hydrogen-bond acceptors (Lipinski definition) is 3. The lowest BCUT2D eigenvalue weighted by atomic mass is 10.0. The van der Waals surface area contributed by atoms with E-state index in [0.29, 0.717) is 6.54 Å². The molecule has 0 aromatic heterocycles. The molecule has 2 aromatic rings. The van der Waals surface area contributed by atoms with Crippen molar-refractivity contribution in [2.24, 2.45) is 11.7 Å². The van der Waals surface area contributed by atoms with Crippen molar-refractivity contribution in [3.05, 3.63) is 54.1 Å². The summed E-state index contributed by atoms with van der Waals surface area (Å²) in [5, 5.41) is 0. The maximum Gasteiger partial charge on any atom is 0.227 e. The summed E-state index contributed by atoms with van der Waals surface area (Å²) < 4.78 is 5.44. The Kier molecular flexibility index (Phi) is 6.81. The van der Waals surface area contributed by atoms with Crippen LogP contribution in [-0.2, 0) is 11.3 Å². The number of benzene rings is 2. The van der Waals surface area contributed by atoms with Gasteiger partial charge in [0, 0.05) is 24.2 Å². The number of ether oxygens (including phenoxy) is 1. The molecule has 0 spiro atoms. The number of amides is 1. The molecule has 0 aliphatic rings. The highest BCUT2D eigenvalue weighted by Gasteiger charge is 2.25. The molecule has 0 saturated carbocycles. The third kappa shape index (κ3) is 4.64. The minimum atomic E-state index is -0.190. The molecule has 0 radical (unpaired) electrons. The number of nitrogens with two attached hydrogens (primary N) is 1. The van der Waals surface area contributed by atoms with E-state index in [-0.39, 0.29) is 23.9 Å². The number of nitrogens with zero attached hydrogens (tertiary/aromatic N) is 1. The smallest absolute Gasteiger partial charge is 0.227 e. The van der Waals surface area contributed by atoms with Crippen LogP contribution < -0.4 is 10.5 Å². The maximum absolute atomic E-state index is 12.7. The molecule has 4 nitrogen and oxygen atoms in total. The van der Waals surface area contributed by atoms with Gasteiger partial charge in [-0.2, -0.15) is 0 Å². The Labute approximate surface area is 157 Å². The molecule has 2 unspecified atom stereocenters. The molecular weight excluding hydrogens is 324 g/mol. The molecule has 2 rings (SSSR count). The standard InChI is InChI=1S/C22H30N2O2/c1-15(2)24(22(25)16(3)17(4)23)14-18-10-12-19(13-11-18)20-8-6-7-9-21(20)26-5/h6-13,15-17H,14,23H2,1-5H3. The Morgan fingerprint density at radius 1 is 1.04 bits per heavy atom. The summed E-state index contributed by atoms with van der Waals surface area (Å²) in [4.78, 5) is 14.6. The van der Waals surface area contributed by atoms with Gasteiger partial charge in [-0.25, -0.2) is 0 Å². The van der Waals surface area contributed by atoms with Crippen LogP contribution in [-0.4, -0.2) is 30.0 Å². The van der Waals surface area contributed by atoms with Crippen LogP contribution in [0.4, 0.5) is 0 Å². The van der Waals surface area contributed by atoms with Crippen molar-refractivity contribution >= 4 is 5.91 Å². The molecule has 0 aliphatic carbocycles. The number of para-hydroxylation sites is 1. The van der Waals surface area contributed by atoms with Crippen molar-refractivity contribution in [2.45, 2.75) is 46.3 Å². The second kappa shape index (κ2) is 8.86. The van der Waals surface area contributed by atoms with Gasteiger partial charge in [0.25, 0.3) is 0 Å². The fourth-order valence-corrected chi connectivity index (χ4v) is 2.87. The lowest BCUT2D eigenvalue weighted by Crippen LogP contribution is -2.44. The first-order chi connectivity index (χ1) is 12.3. The molecule has 2 atom stereocenters. The van der Waals surface area contributed by atoms with Gasteiger partial charge in [-0.15, -0.1) is 0 Å². The van der Waals surface area contributed by atoms with Gasteiger partial charge in [-0.3, -0.25) is 4.79 Å².